The lowest BCUT2D eigenvalue weighted by atomic mass is 9.52. The summed E-state index contributed by atoms with van der Waals surface area (Å²) in [6.07, 6.45) is 5.07. The predicted octanol–water partition coefficient (Wildman–Crippen LogP) is 4.08. The molecule has 5 unspecified atom stereocenters. The van der Waals surface area contributed by atoms with Crippen LogP contribution in [0.5, 0.6) is 0 Å². The lowest BCUT2D eigenvalue weighted by Crippen LogP contribution is -2.59. The molecule has 24 heavy (non-hydrogen) atoms. The number of methoxy groups -OCH3 is 1. The molecule has 0 N–H and O–H groups in total. The molecule has 0 aromatic heterocycles. The number of fused-ring (bicyclic) bond motifs is 5. The van der Waals surface area contributed by atoms with Gasteiger partial charge in [0.1, 0.15) is 0 Å². The molecule has 4 rings (SSSR count). The fraction of sp³-hybridized carbons (Fsp3) is 0.762. The molecule has 1 aliphatic heterocycles. The smallest absolute Gasteiger partial charge is 0.161 e. The highest BCUT2D eigenvalue weighted by Crippen LogP contribution is 2.59. The van der Waals surface area contributed by atoms with Crippen molar-refractivity contribution in [2.45, 2.75) is 64.6 Å². The van der Waals surface area contributed by atoms with Crippen LogP contribution in [0.1, 0.15) is 52.9 Å². The van der Waals surface area contributed by atoms with Crippen molar-refractivity contribution in [1.82, 2.24) is 0 Å². The highest BCUT2D eigenvalue weighted by atomic mass is 16.5. The Bertz CT molecular complexity index is 629. The number of Topliss-reactive ketones (excluding diaryl/α,β-unsaturated/α-hetero) is 1. The Kier molecular flexibility index (Phi) is 3.64. The van der Waals surface area contributed by atoms with Crippen LogP contribution in [0.2, 0.25) is 0 Å². The van der Waals surface area contributed by atoms with Gasteiger partial charge in [-0.25, -0.2) is 0 Å². The summed E-state index contributed by atoms with van der Waals surface area (Å²) < 4.78 is 12.0. The van der Waals surface area contributed by atoms with Gasteiger partial charge in [0, 0.05) is 24.9 Å². The van der Waals surface area contributed by atoms with Crippen molar-refractivity contribution in [3.05, 3.63) is 23.3 Å². The molecule has 3 nitrogen and oxygen atoms in total. The molecule has 0 aromatic rings. The first-order valence-electron chi connectivity index (χ1n) is 9.38. The third-order valence-electron chi connectivity index (χ3n) is 7.90. The molecule has 0 amide bonds. The average Bonchev–Trinajstić information content (AvgIpc) is 2.50. The summed E-state index contributed by atoms with van der Waals surface area (Å²) in [6, 6.07) is 0. The predicted molar refractivity (Wildman–Crippen MR) is 93.7 cm³/mol. The molecule has 4 aliphatic rings. The molecule has 2 saturated carbocycles. The van der Waals surface area contributed by atoms with Crippen LogP contribution in [-0.4, -0.2) is 31.2 Å². The van der Waals surface area contributed by atoms with Crippen molar-refractivity contribution in [1.29, 1.82) is 0 Å². The first-order chi connectivity index (χ1) is 11.3. The Balaban J connectivity index is 1.83. The first kappa shape index (κ1) is 16.5. The van der Waals surface area contributed by atoms with Gasteiger partial charge in [0.05, 0.1) is 18.3 Å². The number of hydrogen-bond acceptors (Lipinski definition) is 3. The monoisotopic (exact) mass is 330 g/mol. The highest BCUT2D eigenvalue weighted by molar-refractivity contribution is 5.98. The molecule has 0 aromatic carbocycles. The first-order valence-corrected chi connectivity index (χ1v) is 9.38. The molecule has 1 heterocycles. The van der Waals surface area contributed by atoms with Crippen LogP contribution in [-0.2, 0) is 14.3 Å². The van der Waals surface area contributed by atoms with Gasteiger partial charge in [0.25, 0.3) is 0 Å². The second-order valence-electron chi connectivity index (χ2n) is 8.95. The summed E-state index contributed by atoms with van der Waals surface area (Å²) in [6.45, 7) is 11.9. The maximum Gasteiger partial charge on any atom is 0.161 e. The number of allylic oxidation sites excluding steroid dienone is 2. The third-order valence-corrected chi connectivity index (χ3v) is 7.90. The van der Waals surface area contributed by atoms with E-state index in [0.29, 0.717) is 30.3 Å². The molecule has 5 atom stereocenters. The van der Waals surface area contributed by atoms with Gasteiger partial charge in [-0.15, -0.1) is 0 Å². The highest BCUT2D eigenvalue weighted by Gasteiger charge is 2.58. The quantitative estimate of drug-likeness (QED) is 0.680. The van der Waals surface area contributed by atoms with E-state index in [0.717, 1.165) is 31.4 Å². The van der Waals surface area contributed by atoms with Gasteiger partial charge in [-0.1, -0.05) is 31.6 Å². The zero-order valence-corrected chi connectivity index (χ0v) is 15.5. The summed E-state index contributed by atoms with van der Waals surface area (Å²) in [4.78, 5) is 12.8. The summed E-state index contributed by atoms with van der Waals surface area (Å²) in [5, 5.41) is 0. The van der Waals surface area contributed by atoms with Gasteiger partial charge >= 0.3 is 0 Å². The zero-order valence-electron chi connectivity index (χ0n) is 15.5. The van der Waals surface area contributed by atoms with Gasteiger partial charge in [-0.2, -0.15) is 0 Å². The lowest BCUT2D eigenvalue weighted by molar-refractivity contribution is -0.194. The largest absolute Gasteiger partial charge is 0.377 e. The molecule has 0 spiro atoms. The van der Waals surface area contributed by atoms with Crippen molar-refractivity contribution < 1.29 is 14.3 Å². The van der Waals surface area contributed by atoms with Gasteiger partial charge in [-0.05, 0) is 50.0 Å². The fourth-order valence-electron chi connectivity index (χ4n) is 6.05. The van der Waals surface area contributed by atoms with E-state index < -0.39 is 0 Å². The standard InChI is InChI=1S/C21H30O3/c1-12-8-17-13(2)18(22)10-21(23-5,20(17,3)4)9-15-14(12)6-7-19-16(15)11-24-19/h14-16,19H,1,6-11H2,2-5H3. The van der Waals surface area contributed by atoms with Gasteiger partial charge in [0.2, 0.25) is 0 Å². The molecule has 3 heteroatoms. The normalized spacial score (nSPS) is 44.2. The Labute approximate surface area is 145 Å². The van der Waals surface area contributed by atoms with Crippen molar-refractivity contribution in [3.8, 4) is 0 Å². The maximum absolute atomic E-state index is 12.8. The van der Waals surface area contributed by atoms with E-state index in [9.17, 15) is 4.79 Å². The van der Waals surface area contributed by atoms with E-state index in [4.69, 9.17) is 9.47 Å². The van der Waals surface area contributed by atoms with Crippen molar-refractivity contribution in [2.75, 3.05) is 13.7 Å². The zero-order chi connectivity index (χ0) is 17.3. The van der Waals surface area contributed by atoms with E-state index in [1.54, 1.807) is 7.11 Å². The molecular weight excluding hydrogens is 300 g/mol. The molecule has 132 valence electrons. The van der Waals surface area contributed by atoms with Crippen molar-refractivity contribution >= 4 is 5.78 Å². The van der Waals surface area contributed by atoms with Crippen LogP contribution in [0.3, 0.4) is 0 Å². The number of carbonyl (C=O) groups excluding carboxylic acids is 1. The lowest BCUT2D eigenvalue weighted by Gasteiger charge is -2.58. The number of hydrogen-bond donors (Lipinski definition) is 0. The van der Waals surface area contributed by atoms with E-state index in [1.165, 1.54) is 17.6 Å². The molecule has 2 bridgehead atoms. The number of ketones is 1. The van der Waals surface area contributed by atoms with Crippen LogP contribution in [0, 0.1) is 23.2 Å². The van der Waals surface area contributed by atoms with Crippen molar-refractivity contribution in [3.63, 3.8) is 0 Å². The van der Waals surface area contributed by atoms with Gasteiger partial charge in [-0.3, -0.25) is 4.79 Å². The van der Waals surface area contributed by atoms with Crippen LogP contribution in [0.25, 0.3) is 0 Å². The third kappa shape index (κ3) is 2.00. The number of ether oxygens (including phenoxy) is 2. The van der Waals surface area contributed by atoms with E-state index >= 15 is 0 Å². The van der Waals surface area contributed by atoms with E-state index in [1.807, 2.05) is 6.92 Å². The van der Waals surface area contributed by atoms with Crippen LogP contribution in [0.4, 0.5) is 0 Å². The second-order valence-corrected chi connectivity index (χ2v) is 8.95. The Morgan fingerprint density at radius 1 is 1.25 bits per heavy atom. The molecule has 0 radical (unpaired) electrons. The minimum atomic E-state index is -0.389. The Morgan fingerprint density at radius 2 is 2.00 bits per heavy atom. The topological polar surface area (TPSA) is 35.5 Å². The maximum atomic E-state index is 12.8. The summed E-state index contributed by atoms with van der Waals surface area (Å²) in [7, 11) is 1.80. The Hall–Kier alpha value is -0.930. The molecule has 3 aliphatic carbocycles. The second kappa shape index (κ2) is 5.28. The van der Waals surface area contributed by atoms with Crippen LogP contribution >= 0.6 is 0 Å². The average molecular weight is 330 g/mol. The minimum absolute atomic E-state index is 0.134. The molecule has 1 saturated heterocycles. The number of carbonyl (C=O) groups is 1. The summed E-state index contributed by atoms with van der Waals surface area (Å²) in [5.41, 5.74) is 3.02. The minimum Gasteiger partial charge on any atom is -0.377 e. The van der Waals surface area contributed by atoms with Gasteiger partial charge < -0.3 is 9.47 Å². The fourth-order valence-corrected chi connectivity index (χ4v) is 6.05. The van der Waals surface area contributed by atoms with Crippen molar-refractivity contribution in [2.24, 2.45) is 23.2 Å². The summed E-state index contributed by atoms with van der Waals surface area (Å²) >= 11 is 0. The molecule has 3 fully saturated rings. The molecular formula is C21H30O3. The van der Waals surface area contributed by atoms with Crippen LogP contribution < -0.4 is 0 Å². The number of rotatable bonds is 1. The Morgan fingerprint density at radius 3 is 2.62 bits per heavy atom. The van der Waals surface area contributed by atoms with E-state index in [-0.39, 0.29) is 16.8 Å². The van der Waals surface area contributed by atoms with E-state index in [2.05, 4.69) is 20.4 Å². The van der Waals surface area contributed by atoms with Gasteiger partial charge in [0.15, 0.2) is 5.78 Å². The SMILES string of the molecule is C=C1CC2=C(C)C(=O)CC(OC)(CC3C1CCC1OCC13)C2(C)C. The summed E-state index contributed by atoms with van der Waals surface area (Å²) in [5.74, 6) is 1.97. The van der Waals surface area contributed by atoms with Crippen LogP contribution in [0.15, 0.2) is 23.3 Å².